The van der Waals surface area contributed by atoms with Crippen LogP contribution in [0.1, 0.15) is 27.7 Å². The number of nitrogens with one attached hydrogen (secondary N) is 1. The molecule has 0 aromatic carbocycles. The molecule has 1 N–H and O–H groups in total. The van der Waals surface area contributed by atoms with E-state index in [1.807, 2.05) is 20.0 Å². The minimum Gasteiger partial charge on any atom is -0.463 e. The van der Waals surface area contributed by atoms with E-state index in [1.165, 1.54) is 0 Å². The van der Waals surface area contributed by atoms with Crippen LogP contribution in [0, 0.1) is 5.92 Å². The average molecular weight is 199 g/mol. The maximum absolute atomic E-state index is 11.3. The second kappa shape index (κ2) is 6.60. The smallest absolute Gasteiger partial charge is 0.333 e. The van der Waals surface area contributed by atoms with Crippen molar-refractivity contribution in [3.05, 3.63) is 11.6 Å². The van der Waals surface area contributed by atoms with Crippen molar-refractivity contribution in [2.24, 2.45) is 5.92 Å². The number of hydrogen-bond donors (Lipinski definition) is 1. The van der Waals surface area contributed by atoms with Gasteiger partial charge < -0.3 is 10.1 Å². The summed E-state index contributed by atoms with van der Waals surface area (Å²) in [7, 11) is 1.89. The van der Waals surface area contributed by atoms with E-state index in [1.54, 1.807) is 6.92 Å². The first-order chi connectivity index (χ1) is 6.52. The Morgan fingerprint density at radius 3 is 2.43 bits per heavy atom. The Bertz CT molecular complexity index is 209. The summed E-state index contributed by atoms with van der Waals surface area (Å²) < 4.78 is 4.89. The van der Waals surface area contributed by atoms with Gasteiger partial charge in [0.15, 0.2) is 0 Å². The van der Waals surface area contributed by atoms with E-state index in [2.05, 4.69) is 19.2 Å². The van der Waals surface area contributed by atoms with Crippen LogP contribution in [0.3, 0.4) is 0 Å². The maximum Gasteiger partial charge on any atom is 0.333 e. The third-order valence-corrected chi connectivity index (χ3v) is 2.08. The van der Waals surface area contributed by atoms with Crippen LogP contribution in [-0.4, -0.2) is 25.7 Å². The highest BCUT2D eigenvalue weighted by molar-refractivity contribution is 5.87. The molecule has 0 saturated carbocycles. The van der Waals surface area contributed by atoms with Crippen LogP contribution >= 0.6 is 0 Å². The van der Waals surface area contributed by atoms with Crippen LogP contribution in [-0.2, 0) is 9.53 Å². The van der Waals surface area contributed by atoms with Crippen LogP contribution < -0.4 is 5.32 Å². The fourth-order valence-corrected chi connectivity index (χ4v) is 1.19. The lowest BCUT2D eigenvalue weighted by molar-refractivity contribution is -0.138. The first-order valence-corrected chi connectivity index (χ1v) is 5.05. The number of carbonyl (C=O) groups is 1. The van der Waals surface area contributed by atoms with Gasteiger partial charge in [-0.3, -0.25) is 0 Å². The third kappa shape index (κ3) is 4.42. The zero-order chi connectivity index (χ0) is 11.1. The van der Waals surface area contributed by atoms with Gasteiger partial charge >= 0.3 is 5.97 Å². The highest BCUT2D eigenvalue weighted by atomic mass is 16.5. The molecule has 0 fully saturated rings. The molecule has 0 spiro atoms. The molecule has 0 rings (SSSR count). The molecular weight excluding hydrogens is 178 g/mol. The van der Waals surface area contributed by atoms with Crippen molar-refractivity contribution in [2.45, 2.75) is 33.7 Å². The van der Waals surface area contributed by atoms with Gasteiger partial charge in [-0.2, -0.15) is 0 Å². The fraction of sp³-hybridized carbons (Fsp3) is 0.727. The van der Waals surface area contributed by atoms with Crippen molar-refractivity contribution in [1.82, 2.24) is 5.32 Å². The molecule has 0 bridgehead atoms. The topological polar surface area (TPSA) is 38.3 Å². The first kappa shape index (κ1) is 13.2. The molecule has 82 valence electrons. The van der Waals surface area contributed by atoms with Gasteiger partial charge in [-0.1, -0.05) is 19.9 Å². The van der Waals surface area contributed by atoms with Crippen molar-refractivity contribution in [1.29, 1.82) is 0 Å². The molecule has 0 aromatic rings. The minimum atomic E-state index is -0.228. The Hall–Kier alpha value is -0.830. The molecule has 3 nitrogen and oxygen atoms in total. The summed E-state index contributed by atoms with van der Waals surface area (Å²) in [6.45, 7) is 8.23. The van der Waals surface area contributed by atoms with E-state index in [9.17, 15) is 4.79 Å². The summed E-state index contributed by atoms with van der Waals surface area (Å²) in [4.78, 5) is 11.3. The summed E-state index contributed by atoms with van der Waals surface area (Å²) in [5.74, 6) is 0.234. The third-order valence-electron chi connectivity index (χ3n) is 2.08. The number of hydrogen-bond acceptors (Lipinski definition) is 3. The van der Waals surface area contributed by atoms with Crippen molar-refractivity contribution in [2.75, 3.05) is 13.7 Å². The molecule has 14 heavy (non-hydrogen) atoms. The molecule has 0 amide bonds. The highest BCUT2D eigenvalue weighted by Gasteiger charge is 2.11. The van der Waals surface area contributed by atoms with Crippen LogP contribution in [0.25, 0.3) is 0 Å². The van der Waals surface area contributed by atoms with Crippen LogP contribution in [0.4, 0.5) is 0 Å². The van der Waals surface area contributed by atoms with Gasteiger partial charge in [-0.05, 0) is 26.8 Å². The second-order valence-corrected chi connectivity index (χ2v) is 3.63. The van der Waals surface area contributed by atoms with Crippen LogP contribution in [0.2, 0.25) is 0 Å². The lowest BCUT2D eigenvalue weighted by atomic mass is 10.0. The minimum absolute atomic E-state index is 0.222. The van der Waals surface area contributed by atoms with Crippen molar-refractivity contribution in [3.8, 4) is 0 Å². The monoisotopic (exact) mass is 199 g/mol. The molecule has 0 aliphatic heterocycles. The highest BCUT2D eigenvalue weighted by Crippen LogP contribution is 2.06. The standard InChI is InChI=1S/C11H21NO2/c1-6-14-11(13)9(4)7-10(12-5)8(2)3/h7-8,10,12H,6H2,1-5H3/t10-/m1/s1. The van der Waals surface area contributed by atoms with Gasteiger partial charge in [0.05, 0.1) is 6.61 Å². The Morgan fingerprint density at radius 1 is 1.50 bits per heavy atom. The molecule has 0 radical (unpaired) electrons. The van der Waals surface area contributed by atoms with Gasteiger partial charge in [0.2, 0.25) is 0 Å². The molecule has 0 heterocycles. The number of carbonyl (C=O) groups excluding carboxylic acids is 1. The lowest BCUT2D eigenvalue weighted by Gasteiger charge is -2.16. The predicted molar refractivity (Wildman–Crippen MR) is 58.1 cm³/mol. The van der Waals surface area contributed by atoms with E-state index < -0.39 is 0 Å². The van der Waals surface area contributed by atoms with Gasteiger partial charge in [0.1, 0.15) is 0 Å². The fourth-order valence-electron chi connectivity index (χ4n) is 1.19. The predicted octanol–water partition coefficient (Wildman–Crippen LogP) is 1.74. The molecule has 0 aliphatic carbocycles. The van der Waals surface area contributed by atoms with Crippen molar-refractivity contribution in [3.63, 3.8) is 0 Å². The lowest BCUT2D eigenvalue weighted by Crippen LogP contribution is -2.29. The number of esters is 1. The molecule has 0 aliphatic rings. The van der Waals surface area contributed by atoms with Gasteiger partial charge in [0, 0.05) is 11.6 Å². The summed E-state index contributed by atoms with van der Waals surface area (Å²) >= 11 is 0. The van der Waals surface area contributed by atoms with E-state index in [0.29, 0.717) is 18.1 Å². The molecule has 0 unspecified atom stereocenters. The van der Waals surface area contributed by atoms with Crippen LogP contribution in [0.5, 0.6) is 0 Å². The van der Waals surface area contributed by atoms with E-state index in [0.717, 1.165) is 0 Å². The summed E-state index contributed by atoms with van der Waals surface area (Å²) in [6, 6.07) is 0.222. The zero-order valence-corrected chi connectivity index (χ0v) is 9.76. The Balaban J connectivity index is 4.39. The maximum atomic E-state index is 11.3. The van der Waals surface area contributed by atoms with Gasteiger partial charge in [-0.25, -0.2) is 4.79 Å². The van der Waals surface area contributed by atoms with Crippen molar-refractivity contribution >= 4 is 5.97 Å². The molecule has 3 heteroatoms. The van der Waals surface area contributed by atoms with Gasteiger partial charge in [0.25, 0.3) is 0 Å². The number of ether oxygens (including phenoxy) is 1. The van der Waals surface area contributed by atoms with E-state index >= 15 is 0 Å². The van der Waals surface area contributed by atoms with Gasteiger partial charge in [-0.15, -0.1) is 0 Å². The Morgan fingerprint density at radius 2 is 2.07 bits per heavy atom. The largest absolute Gasteiger partial charge is 0.463 e. The summed E-state index contributed by atoms with van der Waals surface area (Å²) in [5, 5.41) is 3.15. The van der Waals surface area contributed by atoms with E-state index in [-0.39, 0.29) is 12.0 Å². The molecule has 0 aromatic heterocycles. The second-order valence-electron chi connectivity index (χ2n) is 3.63. The number of likely N-dealkylation sites (N-methyl/N-ethyl adjacent to an activating group) is 1. The summed E-state index contributed by atoms with van der Waals surface area (Å²) in [6.07, 6.45) is 1.92. The quantitative estimate of drug-likeness (QED) is 0.541. The first-order valence-electron chi connectivity index (χ1n) is 5.05. The van der Waals surface area contributed by atoms with E-state index in [4.69, 9.17) is 4.74 Å². The zero-order valence-electron chi connectivity index (χ0n) is 9.76. The molecule has 0 saturated heterocycles. The molecular formula is C11H21NO2. The summed E-state index contributed by atoms with van der Waals surface area (Å²) in [5.41, 5.74) is 0.667. The SMILES string of the molecule is CCOC(=O)C(C)=C[C@@H](NC)C(C)C. The average Bonchev–Trinajstić information content (AvgIpc) is 2.13. The molecule has 1 atom stereocenters. The Kier molecular flexibility index (Phi) is 6.21. The number of rotatable bonds is 5. The van der Waals surface area contributed by atoms with Crippen molar-refractivity contribution < 1.29 is 9.53 Å². The normalized spacial score (nSPS) is 14.3. The van der Waals surface area contributed by atoms with Crippen LogP contribution in [0.15, 0.2) is 11.6 Å². The Labute approximate surface area is 86.5 Å².